The lowest BCUT2D eigenvalue weighted by Crippen LogP contribution is -2.29. The van der Waals surface area contributed by atoms with Gasteiger partial charge in [0.2, 0.25) is 0 Å². The molecule has 0 spiro atoms. The van der Waals surface area contributed by atoms with Gasteiger partial charge in [0.25, 0.3) is 11.6 Å². The number of anilines is 1. The first-order chi connectivity index (χ1) is 10.1. The smallest absolute Gasteiger partial charge is 0.294 e. The van der Waals surface area contributed by atoms with Gasteiger partial charge in [-0.15, -0.1) is 0 Å². The summed E-state index contributed by atoms with van der Waals surface area (Å²) in [5, 5.41) is 13.5. The molecule has 8 nitrogen and oxygen atoms in total. The van der Waals surface area contributed by atoms with Crippen LogP contribution in [0.15, 0.2) is 18.2 Å². The van der Waals surface area contributed by atoms with Gasteiger partial charge in [-0.3, -0.25) is 20.8 Å². The number of hydrogen-bond donors (Lipinski definition) is 3. The van der Waals surface area contributed by atoms with E-state index in [-0.39, 0.29) is 16.9 Å². The molecule has 0 bridgehead atoms. The van der Waals surface area contributed by atoms with E-state index in [4.69, 9.17) is 10.6 Å². The SMILES string of the molecule is NNc1c(C(=O)NCCOCC2CC2)cccc1[N+](=O)[O-]. The molecule has 8 heteroatoms. The number of nitrogen functional groups attached to an aromatic ring is 1. The molecule has 1 aliphatic carbocycles. The summed E-state index contributed by atoms with van der Waals surface area (Å²) >= 11 is 0. The number of ether oxygens (including phenoxy) is 1. The highest BCUT2D eigenvalue weighted by molar-refractivity contribution is 6.01. The summed E-state index contributed by atoms with van der Waals surface area (Å²) in [4.78, 5) is 22.3. The Kier molecular flexibility index (Phi) is 5.07. The lowest BCUT2D eigenvalue weighted by molar-refractivity contribution is -0.384. The van der Waals surface area contributed by atoms with Crippen molar-refractivity contribution in [2.75, 3.05) is 25.2 Å². The van der Waals surface area contributed by atoms with Gasteiger partial charge >= 0.3 is 0 Å². The van der Waals surface area contributed by atoms with Crippen molar-refractivity contribution >= 4 is 17.3 Å². The quantitative estimate of drug-likeness (QED) is 0.285. The molecule has 0 aromatic heterocycles. The molecular formula is C13H18N4O4. The van der Waals surface area contributed by atoms with Crippen LogP contribution in [-0.4, -0.2) is 30.6 Å². The molecule has 1 fully saturated rings. The Labute approximate surface area is 121 Å². The molecule has 1 aromatic rings. The van der Waals surface area contributed by atoms with Crippen molar-refractivity contribution in [2.45, 2.75) is 12.8 Å². The second-order valence-corrected chi connectivity index (χ2v) is 4.88. The van der Waals surface area contributed by atoms with Gasteiger partial charge in [0.1, 0.15) is 5.69 Å². The number of hydrogen-bond acceptors (Lipinski definition) is 6. The number of nitro groups is 1. The number of carbonyl (C=O) groups excluding carboxylic acids is 1. The number of hydrazine groups is 1. The maximum absolute atomic E-state index is 12.0. The average molecular weight is 294 g/mol. The fraction of sp³-hybridized carbons (Fsp3) is 0.462. The van der Waals surface area contributed by atoms with Crippen LogP contribution in [0.25, 0.3) is 0 Å². The first kappa shape index (κ1) is 15.2. The van der Waals surface area contributed by atoms with E-state index < -0.39 is 10.8 Å². The molecule has 21 heavy (non-hydrogen) atoms. The minimum atomic E-state index is -0.593. The standard InChI is InChI=1S/C13H18N4O4/c14-16-12-10(2-1-3-11(12)17(19)20)13(18)15-6-7-21-8-9-4-5-9/h1-3,9,16H,4-8,14H2,(H,15,18). The Hall–Kier alpha value is -2.19. The van der Waals surface area contributed by atoms with E-state index in [0.29, 0.717) is 19.1 Å². The van der Waals surface area contributed by atoms with Crippen molar-refractivity contribution in [3.05, 3.63) is 33.9 Å². The maximum Gasteiger partial charge on any atom is 0.294 e. The third-order valence-corrected chi connectivity index (χ3v) is 3.21. The number of nitro benzene ring substituents is 1. The normalized spacial score (nSPS) is 13.8. The van der Waals surface area contributed by atoms with Crippen molar-refractivity contribution < 1.29 is 14.5 Å². The zero-order chi connectivity index (χ0) is 15.2. The molecule has 4 N–H and O–H groups in total. The molecule has 1 saturated carbocycles. The zero-order valence-electron chi connectivity index (χ0n) is 11.5. The van der Waals surface area contributed by atoms with Crippen LogP contribution in [0.4, 0.5) is 11.4 Å². The summed E-state index contributed by atoms with van der Waals surface area (Å²) in [7, 11) is 0. The molecule has 0 saturated heterocycles. The van der Waals surface area contributed by atoms with Crippen molar-refractivity contribution in [2.24, 2.45) is 11.8 Å². The molecule has 1 aliphatic rings. The Morgan fingerprint density at radius 1 is 1.48 bits per heavy atom. The highest BCUT2D eigenvalue weighted by Crippen LogP contribution is 2.28. The van der Waals surface area contributed by atoms with E-state index in [2.05, 4.69) is 10.7 Å². The van der Waals surface area contributed by atoms with Crippen LogP contribution in [0.3, 0.4) is 0 Å². The topological polar surface area (TPSA) is 120 Å². The van der Waals surface area contributed by atoms with Crippen LogP contribution < -0.4 is 16.6 Å². The number of nitrogens with one attached hydrogen (secondary N) is 2. The third kappa shape index (κ3) is 4.14. The van der Waals surface area contributed by atoms with Gasteiger partial charge in [-0.25, -0.2) is 0 Å². The third-order valence-electron chi connectivity index (χ3n) is 3.21. The fourth-order valence-electron chi connectivity index (χ4n) is 1.90. The summed E-state index contributed by atoms with van der Waals surface area (Å²) < 4.78 is 5.40. The largest absolute Gasteiger partial charge is 0.379 e. The van der Waals surface area contributed by atoms with E-state index in [0.717, 1.165) is 6.61 Å². The summed E-state index contributed by atoms with van der Waals surface area (Å²) in [6, 6.07) is 4.20. The van der Waals surface area contributed by atoms with Gasteiger partial charge in [0.05, 0.1) is 17.1 Å². The lowest BCUT2D eigenvalue weighted by atomic mass is 10.1. The second-order valence-electron chi connectivity index (χ2n) is 4.88. The minimum Gasteiger partial charge on any atom is -0.379 e. The number of carbonyl (C=O) groups is 1. The number of benzene rings is 1. The van der Waals surface area contributed by atoms with Crippen LogP contribution in [0, 0.1) is 16.0 Å². The highest BCUT2D eigenvalue weighted by Gasteiger charge is 2.22. The molecule has 1 aromatic carbocycles. The molecule has 0 radical (unpaired) electrons. The molecule has 2 rings (SSSR count). The lowest BCUT2D eigenvalue weighted by Gasteiger charge is -2.10. The summed E-state index contributed by atoms with van der Waals surface area (Å²) in [6.45, 7) is 1.49. The van der Waals surface area contributed by atoms with Gasteiger partial charge in [-0.05, 0) is 24.8 Å². The first-order valence-electron chi connectivity index (χ1n) is 6.73. The average Bonchev–Trinajstić information content (AvgIpc) is 3.29. The van der Waals surface area contributed by atoms with Gasteiger partial charge < -0.3 is 15.5 Å². The van der Waals surface area contributed by atoms with Crippen molar-refractivity contribution in [3.8, 4) is 0 Å². The van der Waals surface area contributed by atoms with Gasteiger partial charge in [0.15, 0.2) is 0 Å². The molecule has 0 heterocycles. The predicted molar refractivity (Wildman–Crippen MR) is 76.8 cm³/mol. The van der Waals surface area contributed by atoms with E-state index in [1.54, 1.807) is 0 Å². The monoisotopic (exact) mass is 294 g/mol. The highest BCUT2D eigenvalue weighted by atomic mass is 16.6. The number of nitrogens with two attached hydrogens (primary N) is 1. The van der Waals surface area contributed by atoms with Crippen molar-refractivity contribution in [1.29, 1.82) is 0 Å². The first-order valence-corrected chi connectivity index (χ1v) is 6.73. The fourth-order valence-corrected chi connectivity index (χ4v) is 1.90. The number of nitrogens with zero attached hydrogens (tertiary/aromatic N) is 1. The summed E-state index contributed by atoms with van der Waals surface area (Å²) in [5.74, 6) is 5.53. The van der Waals surface area contributed by atoms with Crippen LogP contribution >= 0.6 is 0 Å². The van der Waals surface area contributed by atoms with Crippen LogP contribution in [-0.2, 0) is 4.74 Å². The molecular weight excluding hydrogens is 276 g/mol. The van der Waals surface area contributed by atoms with Crippen molar-refractivity contribution in [3.63, 3.8) is 0 Å². The van der Waals surface area contributed by atoms with Crippen LogP contribution in [0.1, 0.15) is 23.2 Å². The Morgan fingerprint density at radius 3 is 2.86 bits per heavy atom. The molecule has 114 valence electrons. The van der Waals surface area contributed by atoms with E-state index >= 15 is 0 Å². The molecule has 0 unspecified atom stereocenters. The Balaban J connectivity index is 1.91. The Morgan fingerprint density at radius 2 is 2.24 bits per heavy atom. The maximum atomic E-state index is 12.0. The molecule has 0 atom stereocenters. The van der Waals surface area contributed by atoms with Gasteiger partial charge in [0, 0.05) is 19.2 Å². The molecule has 0 aliphatic heterocycles. The summed E-state index contributed by atoms with van der Waals surface area (Å²) in [5.41, 5.74) is 2.11. The Bertz CT molecular complexity index is 531. The number of para-hydroxylation sites is 1. The van der Waals surface area contributed by atoms with Gasteiger partial charge in [-0.2, -0.15) is 0 Å². The number of rotatable bonds is 8. The van der Waals surface area contributed by atoms with E-state index in [9.17, 15) is 14.9 Å². The second kappa shape index (κ2) is 7.00. The minimum absolute atomic E-state index is 0.00102. The van der Waals surface area contributed by atoms with E-state index in [1.165, 1.54) is 31.0 Å². The van der Waals surface area contributed by atoms with Crippen LogP contribution in [0.5, 0.6) is 0 Å². The van der Waals surface area contributed by atoms with Crippen LogP contribution in [0.2, 0.25) is 0 Å². The van der Waals surface area contributed by atoms with Crippen molar-refractivity contribution in [1.82, 2.24) is 5.32 Å². The predicted octanol–water partition coefficient (Wildman–Crippen LogP) is 1.04. The summed E-state index contributed by atoms with van der Waals surface area (Å²) in [6.07, 6.45) is 2.43. The van der Waals surface area contributed by atoms with E-state index in [1.807, 2.05) is 0 Å². The molecule has 1 amide bonds. The zero-order valence-corrected chi connectivity index (χ0v) is 11.5. The van der Waals surface area contributed by atoms with Gasteiger partial charge in [-0.1, -0.05) is 6.07 Å². The number of amides is 1.